The van der Waals surface area contributed by atoms with Crippen molar-refractivity contribution in [2.45, 2.75) is 25.6 Å². The molecule has 0 aliphatic carbocycles. The Labute approximate surface area is 106 Å². The molecule has 1 amide bonds. The number of alkyl halides is 3. The summed E-state index contributed by atoms with van der Waals surface area (Å²) in [6.45, 7) is 2.63. The largest absolute Gasteiger partial charge is 0.431 e. The third kappa shape index (κ3) is 3.82. The molecule has 0 unspecified atom stereocenters. The summed E-state index contributed by atoms with van der Waals surface area (Å²) in [6.07, 6.45) is -4.68. The van der Waals surface area contributed by atoms with E-state index in [1.54, 1.807) is 4.98 Å². The van der Waals surface area contributed by atoms with Crippen molar-refractivity contribution in [1.29, 1.82) is 0 Å². The van der Waals surface area contributed by atoms with Gasteiger partial charge in [-0.2, -0.15) is 13.2 Å². The molecular weight excluding hydrogens is 265 g/mol. The van der Waals surface area contributed by atoms with Gasteiger partial charge in [0, 0.05) is 0 Å². The van der Waals surface area contributed by atoms with E-state index in [9.17, 15) is 22.8 Å². The van der Waals surface area contributed by atoms with E-state index in [0.29, 0.717) is 6.07 Å². The zero-order valence-electron chi connectivity index (χ0n) is 10.3. The molecule has 0 radical (unpaired) electrons. The van der Waals surface area contributed by atoms with E-state index in [-0.39, 0.29) is 6.61 Å². The van der Waals surface area contributed by atoms with Crippen molar-refractivity contribution < 1.29 is 23.1 Å². The Balaban J connectivity index is 3.05. The van der Waals surface area contributed by atoms with Crippen molar-refractivity contribution in [3.63, 3.8) is 0 Å². The first-order valence-electron chi connectivity index (χ1n) is 5.31. The van der Waals surface area contributed by atoms with Crippen molar-refractivity contribution in [2.24, 2.45) is 0 Å². The number of carbonyl (C=O) groups is 1. The molecule has 0 bridgehead atoms. The number of H-pyrrole nitrogens is 1. The predicted octanol–water partition coefficient (Wildman–Crippen LogP) is 0.894. The van der Waals surface area contributed by atoms with Gasteiger partial charge in [-0.15, -0.1) is 0 Å². The van der Waals surface area contributed by atoms with Crippen LogP contribution in [0.2, 0.25) is 0 Å². The quantitative estimate of drug-likeness (QED) is 0.768. The van der Waals surface area contributed by atoms with Crippen molar-refractivity contribution in [1.82, 2.24) is 10.3 Å². The monoisotopic (exact) mass is 278 g/mol. The summed E-state index contributed by atoms with van der Waals surface area (Å²) in [6, 6.07) is 1.41. The minimum Gasteiger partial charge on any atom is -0.394 e. The second-order valence-corrected chi connectivity index (χ2v) is 4.61. The SMILES string of the molecule is CC(C)(CO)NC(=O)c1ccc(C(F)(F)F)[nH]c1=O. The number of amides is 1. The maximum atomic E-state index is 12.3. The zero-order chi connectivity index (χ0) is 14.8. The number of pyridine rings is 1. The molecule has 3 N–H and O–H groups in total. The number of hydrogen-bond acceptors (Lipinski definition) is 3. The van der Waals surface area contributed by atoms with Gasteiger partial charge in [0.2, 0.25) is 0 Å². The van der Waals surface area contributed by atoms with Crippen molar-refractivity contribution >= 4 is 5.91 Å². The van der Waals surface area contributed by atoms with E-state index in [4.69, 9.17) is 5.11 Å². The lowest BCUT2D eigenvalue weighted by atomic mass is 10.1. The minimum absolute atomic E-state index is 0.378. The van der Waals surface area contributed by atoms with Gasteiger partial charge < -0.3 is 15.4 Å². The molecule has 5 nitrogen and oxygen atoms in total. The third-order valence-electron chi connectivity index (χ3n) is 2.31. The van der Waals surface area contributed by atoms with Crippen LogP contribution in [0.15, 0.2) is 16.9 Å². The molecule has 0 atom stereocenters. The van der Waals surface area contributed by atoms with Crippen molar-refractivity contribution in [2.75, 3.05) is 6.61 Å². The van der Waals surface area contributed by atoms with Gasteiger partial charge in [0.25, 0.3) is 11.5 Å². The van der Waals surface area contributed by atoms with Gasteiger partial charge in [0.05, 0.1) is 12.1 Å². The van der Waals surface area contributed by atoms with Crippen LogP contribution in [0.25, 0.3) is 0 Å². The molecule has 0 spiro atoms. The maximum Gasteiger partial charge on any atom is 0.431 e. The van der Waals surface area contributed by atoms with Crippen LogP contribution in [-0.4, -0.2) is 28.1 Å². The summed E-state index contributed by atoms with van der Waals surface area (Å²) in [5.41, 5.74) is -3.79. The lowest BCUT2D eigenvalue weighted by Gasteiger charge is -2.23. The van der Waals surface area contributed by atoms with Gasteiger partial charge in [-0.1, -0.05) is 0 Å². The fraction of sp³-hybridized carbons (Fsp3) is 0.455. The number of nitrogens with one attached hydrogen (secondary N) is 2. The van der Waals surface area contributed by atoms with E-state index < -0.39 is 34.4 Å². The molecule has 19 heavy (non-hydrogen) atoms. The summed E-state index contributed by atoms with van der Waals surface area (Å²) < 4.78 is 37.0. The lowest BCUT2D eigenvalue weighted by Crippen LogP contribution is -2.47. The molecule has 1 rings (SSSR count). The minimum atomic E-state index is -4.68. The first kappa shape index (κ1) is 15.2. The molecule has 0 saturated carbocycles. The van der Waals surface area contributed by atoms with E-state index in [2.05, 4.69) is 5.32 Å². The second kappa shape index (κ2) is 5.04. The number of aromatic nitrogens is 1. The van der Waals surface area contributed by atoms with Gasteiger partial charge in [0.15, 0.2) is 0 Å². The van der Waals surface area contributed by atoms with Crippen LogP contribution in [0.3, 0.4) is 0 Å². The van der Waals surface area contributed by atoms with E-state index in [1.165, 1.54) is 13.8 Å². The van der Waals surface area contributed by atoms with E-state index in [1.807, 2.05) is 0 Å². The highest BCUT2D eigenvalue weighted by Crippen LogP contribution is 2.26. The van der Waals surface area contributed by atoms with Crippen LogP contribution in [0.5, 0.6) is 0 Å². The van der Waals surface area contributed by atoms with Crippen LogP contribution in [0.1, 0.15) is 29.9 Å². The second-order valence-electron chi connectivity index (χ2n) is 4.61. The number of hydrogen-bond donors (Lipinski definition) is 3. The third-order valence-corrected chi connectivity index (χ3v) is 2.31. The summed E-state index contributed by atoms with van der Waals surface area (Å²) in [5.74, 6) is -0.853. The Kier molecular flexibility index (Phi) is 4.04. The first-order valence-corrected chi connectivity index (χ1v) is 5.31. The highest BCUT2D eigenvalue weighted by molar-refractivity contribution is 5.94. The number of aromatic amines is 1. The number of rotatable bonds is 3. The fourth-order valence-electron chi connectivity index (χ4n) is 1.23. The zero-order valence-corrected chi connectivity index (χ0v) is 10.3. The topological polar surface area (TPSA) is 82.2 Å². The first-order chi connectivity index (χ1) is 8.57. The summed E-state index contributed by atoms with van der Waals surface area (Å²) in [5, 5.41) is 11.3. The molecule has 0 aromatic carbocycles. The summed E-state index contributed by atoms with van der Waals surface area (Å²) in [7, 11) is 0. The Hall–Kier alpha value is -1.83. The van der Waals surface area contributed by atoms with Crippen molar-refractivity contribution in [3.05, 3.63) is 33.7 Å². The Morgan fingerprint density at radius 1 is 1.37 bits per heavy atom. The predicted molar refractivity (Wildman–Crippen MR) is 60.7 cm³/mol. The molecule has 8 heteroatoms. The number of halogens is 3. The van der Waals surface area contributed by atoms with Crippen LogP contribution >= 0.6 is 0 Å². The van der Waals surface area contributed by atoms with Crippen LogP contribution in [0, 0.1) is 0 Å². The number of aliphatic hydroxyl groups excluding tert-OH is 1. The van der Waals surface area contributed by atoms with Gasteiger partial charge in [-0.3, -0.25) is 9.59 Å². The molecule has 0 aliphatic heterocycles. The van der Waals surface area contributed by atoms with Gasteiger partial charge >= 0.3 is 6.18 Å². The number of carbonyl (C=O) groups excluding carboxylic acids is 1. The molecule has 1 heterocycles. The summed E-state index contributed by atoms with van der Waals surface area (Å²) >= 11 is 0. The molecule has 0 aliphatic rings. The fourth-order valence-corrected chi connectivity index (χ4v) is 1.23. The van der Waals surface area contributed by atoms with Gasteiger partial charge in [0.1, 0.15) is 11.3 Å². The Morgan fingerprint density at radius 3 is 2.37 bits per heavy atom. The van der Waals surface area contributed by atoms with Gasteiger partial charge in [-0.05, 0) is 26.0 Å². The van der Waals surface area contributed by atoms with E-state index >= 15 is 0 Å². The van der Waals surface area contributed by atoms with Crippen molar-refractivity contribution in [3.8, 4) is 0 Å². The Morgan fingerprint density at radius 2 is 1.95 bits per heavy atom. The smallest absolute Gasteiger partial charge is 0.394 e. The normalized spacial score (nSPS) is 12.3. The number of aliphatic hydroxyl groups is 1. The maximum absolute atomic E-state index is 12.3. The van der Waals surface area contributed by atoms with E-state index in [0.717, 1.165) is 6.07 Å². The van der Waals surface area contributed by atoms with Gasteiger partial charge in [-0.25, -0.2) is 0 Å². The molecule has 106 valence electrons. The van der Waals surface area contributed by atoms with Crippen LogP contribution in [-0.2, 0) is 6.18 Å². The average molecular weight is 278 g/mol. The standard InChI is InChI=1S/C11H13F3N2O3/c1-10(2,5-17)16-9(19)6-3-4-7(11(12,13)14)15-8(6)18/h3-4,17H,5H2,1-2H3,(H,15,18)(H,16,19). The highest BCUT2D eigenvalue weighted by Gasteiger charge is 2.32. The molecule has 0 saturated heterocycles. The molecule has 0 fully saturated rings. The van der Waals surface area contributed by atoms with Crippen LogP contribution in [0.4, 0.5) is 13.2 Å². The molecular formula is C11H13F3N2O3. The highest BCUT2D eigenvalue weighted by atomic mass is 19.4. The molecule has 1 aromatic heterocycles. The van der Waals surface area contributed by atoms with Crippen LogP contribution < -0.4 is 10.9 Å². The molecule has 1 aromatic rings. The summed E-state index contributed by atoms with van der Waals surface area (Å²) in [4.78, 5) is 24.7. The average Bonchev–Trinajstić information content (AvgIpc) is 2.26. The lowest BCUT2D eigenvalue weighted by molar-refractivity contribution is -0.141. The Bertz CT molecular complexity index is 535.